The van der Waals surface area contributed by atoms with Crippen molar-refractivity contribution in [1.29, 1.82) is 0 Å². The summed E-state index contributed by atoms with van der Waals surface area (Å²) in [5.41, 5.74) is -0.786. The molecule has 1 aliphatic rings. The topological polar surface area (TPSA) is 74.6 Å². The fraction of sp³-hybridized carbons (Fsp3) is 0.158. The molecule has 3 aromatic rings. The third-order valence-corrected chi connectivity index (χ3v) is 4.77. The molecule has 1 amide bonds. The van der Waals surface area contributed by atoms with Crippen LogP contribution < -0.4 is 19.5 Å². The van der Waals surface area contributed by atoms with Crippen molar-refractivity contribution < 1.29 is 32.2 Å². The maximum atomic E-state index is 13.7. The third kappa shape index (κ3) is 4.49. The van der Waals surface area contributed by atoms with E-state index in [1.165, 1.54) is 18.2 Å². The summed E-state index contributed by atoms with van der Waals surface area (Å²) in [5, 5.41) is 6.20. The summed E-state index contributed by atoms with van der Waals surface area (Å²) in [7, 11) is 0. The van der Waals surface area contributed by atoms with Gasteiger partial charge in [-0.05, 0) is 35.9 Å². The lowest BCUT2D eigenvalue weighted by atomic mass is 10.2. The Hall–Kier alpha value is -3.11. The van der Waals surface area contributed by atoms with E-state index < -0.39 is 23.7 Å². The van der Waals surface area contributed by atoms with Gasteiger partial charge in [-0.15, -0.1) is 0 Å². The highest BCUT2D eigenvalue weighted by molar-refractivity contribution is 6.34. The van der Waals surface area contributed by atoms with Crippen LogP contribution in [0, 0.1) is 0 Å². The highest BCUT2D eigenvalue weighted by Gasteiger charge is 2.41. The van der Waals surface area contributed by atoms with Gasteiger partial charge in [0.05, 0.1) is 16.9 Å². The van der Waals surface area contributed by atoms with Crippen molar-refractivity contribution in [3.8, 4) is 22.9 Å². The van der Waals surface area contributed by atoms with Gasteiger partial charge in [-0.25, -0.2) is 9.48 Å². The molecule has 2 aromatic carbocycles. The standard InChI is InChI=1S/C19H12Cl2F3N3O4/c20-11-2-3-12(21)13(6-11)27-17(19(22,23)24)16(8-26-27)31-18(28)25-7-10-1-4-14-15(5-10)30-9-29-14/h1-6,8H,7,9H2,(H,25,28). The highest BCUT2D eigenvalue weighted by Crippen LogP contribution is 2.39. The first-order valence-electron chi connectivity index (χ1n) is 8.67. The van der Waals surface area contributed by atoms with Gasteiger partial charge in [-0.3, -0.25) is 0 Å². The smallest absolute Gasteiger partial charge is 0.437 e. The maximum Gasteiger partial charge on any atom is 0.437 e. The number of amides is 1. The monoisotopic (exact) mass is 473 g/mol. The van der Waals surface area contributed by atoms with Crippen molar-refractivity contribution in [3.05, 3.63) is 63.9 Å². The van der Waals surface area contributed by atoms with Gasteiger partial charge in [-0.1, -0.05) is 29.3 Å². The van der Waals surface area contributed by atoms with Gasteiger partial charge in [-0.2, -0.15) is 18.3 Å². The number of hydrogen-bond acceptors (Lipinski definition) is 5. The molecule has 2 heterocycles. The number of benzene rings is 2. The number of nitrogens with zero attached hydrogens (tertiary/aromatic N) is 2. The molecule has 0 fully saturated rings. The molecule has 0 spiro atoms. The van der Waals surface area contributed by atoms with Gasteiger partial charge in [0.25, 0.3) is 0 Å². The van der Waals surface area contributed by atoms with Crippen LogP contribution in [0.2, 0.25) is 10.0 Å². The minimum absolute atomic E-state index is 0.00885. The molecule has 12 heteroatoms. The molecule has 1 aliphatic heterocycles. The second kappa shape index (κ2) is 8.20. The normalized spacial score (nSPS) is 12.7. The molecule has 0 saturated heterocycles. The Kier molecular flexibility index (Phi) is 5.59. The SMILES string of the molecule is O=C(NCc1ccc2c(c1)OCO2)Oc1cnn(-c2cc(Cl)ccc2Cl)c1C(F)(F)F. The van der Waals surface area contributed by atoms with Gasteiger partial charge in [0.15, 0.2) is 22.9 Å². The first kappa shape index (κ1) is 21.1. The first-order chi connectivity index (χ1) is 14.7. The summed E-state index contributed by atoms with van der Waals surface area (Å²) in [5.74, 6) is 0.284. The van der Waals surface area contributed by atoms with E-state index in [-0.39, 0.29) is 29.1 Å². The van der Waals surface area contributed by atoms with Crippen molar-refractivity contribution in [2.24, 2.45) is 0 Å². The first-order valence-corrected chi connectivity index (χ1v) is 9.43. The van der Waals surface area contributed by atoms with Crippen LogP contribution in [0.4, 0.5) is 18.0 Å². The molecule has 0 radical (unpaired) electrons. The number of rotatable bonds is 4. The fourth-order valence-electron chi connectivity index (χ4n) is 2.86. The Bertz CT molecular complexity index is 1150. The number of aromatic nitrogens is 2. The van der Waals surface area contributed by atoms with Gasteiger partial charge < -0.3 is 19.5 Å². The van der Waals surface area contributed by atoms with Crippen LogP contribution in [-0.4, -0.2) is 22.7 Å². The number of alkyl halides is 3. The van der Waals surface area contributed by atoms with E-state index >= 15 is 0 Å². The Morgan fingerprint density at radius 1 is 1.16 bits per heavy atom. The van der Waals surface area contributed by atoms with Gasteiger partial charge in [0.1, 0.15) is 0 Å². The van der Waals surface area contributed by atoms with Crippen molar-refractivity contribution in [2.75, 3.05) is 6.79 Å². The summed E-state index contributed by atoms with van der Waals surface area (Å²) in [4.78, 5) is 12.1. The van der Waals surface area contributed by atoms with E-state index in [1.54, 1.807) is 18.2 Å². The van der Waals surface area contributed by atoms with Gasteiger partial charge in [0.2, 0.25) is 6.79 Å². The molecule has 1 aromatic heterocycles. The van der Waals surface area contributed by atoms with Gasteiger partial charge >= 0.3 is 12.3 Å². The summed E-state index contributed by atoms with van der Waals surface area (Å²) in [6, 6.07) is 8.95. The van der Waals surface area contributed by atoms with Crippen molar-refractivity contribution in [3.63, 3.8) is 0 Å². The second-order valence-electron chi connectivity index (χ2n) is 6.29. The zero-order valence-electron chi connectivity index (χ0n) is 15.4. The Balaban J connectivity index is 1.53. The van der Waals surface area contributed by atoms with Crippen molar-refractivity contribution in [1.82, 2.24) is 15.1 Å². The Morgan fingerprint density at radius 2 is 1.94 bits per heavy atom. The van der Waals surface area contributed by atoms with E-state index in [9.17, 15) is 18.0 Å². The fourth-order valence-corrected chi connectivity index (χ4v) is 3.22. The summed E-state index contributed by atoms with van der Waals surface area (Å²) in [6.45, 7) is 0.0835. The molecule has 0 aliphatic carbocycles. The number of hydrogen-bond donors (Lipinski definition) is 1. The minimum Gasteiger partial charge on any atom is -0.454 e. The van der Waals surface area contributed by atoms with Crippen molar-refractivity contribution in [2.45, 2.75) is 12.7 Å². The molecule has 0 bridgehead atoms. The van der Waals surface area contributed by atoms with E-state index in [2.05, 4.69) is 10.4 Å². The predicted octanol–water partition coefficient (Wildman–Crippen LogP) is 5.22. The van der Waals surface area contributed by atoms with Crippen LogP contribution in [0.25, 0.3) is 5.69 Å². The number of carbonyl (C=O) groups is 1. The molecule has 162 valence electrons. The van der Waals surface area contributed by atoms with Crippen molar-refractivity contribution >= 4 is 29.3 Å². The summed E-state index contributed by atoms with van der Waals surface area (Å²) < 4.78 is 57.0. The average Bonchev–Trinajstić information content (AvgIpc) is 3.34. The summed E-state index contributed by atoms with van der Waals surface area (Å²) in [6.07, 6.45) is -5.21. The average molecular weight is 474 g/mol. The molecule has 31 heavy (non-hydrogen) atoms. The lowest BCUT2D eigenvalue weighted by Gasteiger charge is -2.14. The van der Waals surface area contributed by atoms with E-state index in [0.717, 1.165) is 6.20 Å². The third-order valence-electron chi connectivity index (χ3n) is 4.22. The zero-order chi connectivity index (χ0) is 22.2. The van der Waals surface area contributed by atoms with E-state index in [1.807, 2.05) is 0 Å². The minimum atomic E-state index is -4.89. The van der Waals surface area contributed by atoms with Crippen LogP contribution in [0.15, 0.2) is 42.6 Å². The number of ether oxygens (including phenoxy) is 3. The maximum absolute atomic E-state index is 13.7. The van der Waals surface area contributed by atoms with Crippen LogP contribution in [-0.2, 0) is 12.7 Å². The number of carbonyl (C=O) groups excluding carboxylic acids is 1. The number of nitrogens with one attached hydrogen (secondary N) is 1. The van der Waals surface area contributed by atoms with Crippen LogP contribution in [0.1, 0.15) is 11.3 Å². The molecule has 1 N–H and O–H groups in total. The lowest BCUT2D eigenvalue weighted by Crippen LogP contribution is -2.27. The van der Waals surface area contributed by atoms with E-state index in [4.69, 9.17) is 37.4 Å². The molecule has 0 saturated carbocycles. The van der Waals surface area contributed by atoms with Gasteiger partial charge in [0, 0.05) is 11.6 Å². The van der Waals surface area contributed by atoms with Crippen LogP contribution in [0.5, 0.6) is 17.2 Å². The van der Waals surface area contributed by atoms with E-state index in [0.29, 0.717) is 21.7 Å². The Morgan fingerprint density at radius 3 is 2.71 bits per heavy atom. The molecule has 4 rings (SSSR count). The summed E-state index contributed by atoms with van der Waals surface area (Å²) >= 11 is 11.9. The quantitative estimate of drug-likeness (QED) is 0.562. The predicted molar refractivity (Wildman–Crippen MR) is 104 cm³/mol. The second-order valence-corrected chi connectivity index (χ2v) is 7.14. The zero-order valence-corrected chi connectivity index (χ0v) is 16.9. The van der Waals surface area contributed by atoms with Crippen LogP contribution in [0.3, 0.4) is 0 Å². The molecule has 0 unspecified atom stereocenters. The molecular weight excluding hydrogens is 462 g/mol. The number of halogens is 5. The molecular formula is C19H12Cl2F3N3O4. The lowest BCUT2D eigenvalue weighted by molar-refractivity contribution is -0.143. The molecule has 7 nitrogen and oxygen atoms in total. The highest BCUT2D eigenvalue weighted by atomic mass is 35.5. The Labute approximate surface area is 183 Å². The largest absolute Gasteiger partial charge is 0.454 e. The number of fused-ring (bicyclic) bond motifs is 1. The molecule has 0 atom stereocenters. The van der Waals surface area contributed by atoms with Crippen LogP contribution >= 0.6 is 23.2 Å².